The van der Waals surface area contributed by atoms with Crippen LogP contribution in [-0.2, 0) is 0 Å². The highest BCUT2D eigenvalue weighted by Crippen LogP contribution is 2.19. The number of nitrogens with zero attached hydrogens (tertiary/aromatic N) is 1. The molecule has 2 aromatic carbocycles. The summed E-state index contributed by atoms with van der Waals surface area (Å²) in [7, 11) is 0. The molecule has 0 amide bonds. The summed E-state index contributed by atoms with van der Waals surface area (Å²) < 4.78 is 1.05. The number of nitrogens with two attached hydrogens (primary N) is 1. The zero-order chi connectivity index (χ0) is 12.8. The molecule has 92 valence electrons. The summed E-state index contributed by atoms with van der Waals surface area (Å²) in [6.45, 7) is 0.658. The van der Waals surface area contributed by atoms with Gasteiger partial charge in [0.05, 0.1) is 17.9 Å². The highest BCUT2D eigenvalue weighted by Gasteiger charge is 1.93. The Morgan fingerprint density at radius 3 is 2.78 bits per heavy atom. The van der Waals surface area contributed by atoms with E-state index in [1.54, 1.807) is 0 Å². The largest absolute Gasteiger partial charge is 0.397 e. The molecule has 4 heteroatoms. The van der Waals surface area contributed by atoms with Crippen molar-refractivity contribution in [3.8, 4) is 0 Å². The fraction of sp³-hybridized carbons (Fsp3) is 0.0714. The number of para-hydroxylation sites is 2. The van der Waals surface area contributed by atoms with E-state index >= 15 is 0 Å². The van der Waals surface area contributed by atoms with Crippen LogP contribution in [0.5, 0.6) is 0 Å². The maximum Gasteiger partial charge on any atom is 0.0855 e. The van der Waals surface area contributed by atoms with E-state index in [4.69, 9.17) is 5.73 Å². The molecule has 0 saturated carbocycles. The van der Waals surface area contributed by atoms with Crippen LogP contribution in [0.4, 0.5) is 17.1 Å². The van der Waals surface area contributed by atoms with E-state index in [-0.39, 0.29) is 0 Å². The topological polar surface area (TPSA) is 50.4 Å². The minimum Gasteiger partial charge on any atom is -0.397 e. The molecule has 0 radical (unpaired) electrons. The molecule has 0 aromatic heterocycles. The second kappa shape index (κ2) is 6.21. The third-order valence-electron chi connectivity index (χ3n) is 2.39. The summed E-state index contributed by atoms with van der Waals surface area (Å²) >= 11 is 3.43. The Balaban J connectivity index is 1.91. The Hall–Kier alpha value is -1.81. The standard InChI is InChI=1S/C14H14BrN3/c15-11-4-3-5-12(10-11)17-8-9-18-14-7-2-1-6-13(14)16/h1-7,9-10,17H,8,16H2. The molecule has 0 saturated heterocycles. The Kier molecular flexibility index (Phi) is 4.36. The maximum atomic E-state index is 5.79. The lowest BCUT2D eigenvalue weighted by Crippen LogP contribution is -2.02. The van der Waals surface area contributed by atoms with Crippen LogP contribution in [-0.4, -0.2) is 12.8 Å². The molecular weight excluding hydrogens is 290 g/mol. The van der Waals surface area contributed by atoms with Gasteiger partial charge in [-0.05, 0) is 30.3 Å². The summed E-state index contributed by atoms with van der Waals surface area (Å²) in [5.74, 6) is 0. The molecule has 0 fully saturated rings. The molecule has 0 aliphatic heterocycles. The van der Waals surface area contributed by atoms with Crippen LogP contribution in [0.1, 0.15) is 0 Å². The van der Waals surface area contributed by atoms with Crippen molar-refractivity contribution in [1.29, 1.82) is 0 Å². The van der Waals surface area contributed by atoms with Crippen molar-refractivity contribution in [2.75, 3.05) is 17.6 Å². The van der Waals surface area contributed by atoms with E-state index in [1.807, 2.05) is 54.7 Å². The van der Waals surface area contributed by atoms with E-state index in [9.17, 15) is 0 Å². The summed E-state index contributed by atoms with van der Waals surface area (Å²) in [6.07, 6.45) is 1.81. The Morgan fingerprint density at radius 1 is 1.17 bits per heavy atom. The van der Waals surface area contributed by atoms with E-state index < -0.39 is 0 Å². The molecular formula is C14H14BrN3. The molecule has 2 rings (SSSR count). The molecule has 0 heterocycles. The zero-order valence-electron chi connectivity index (χ0n) is 9.81. The van der Waals surface area contributed by atoms with Gasteiger partial charge in [0.2, 0.25) is 0 Å². The molecule has 0 aliphatic rings. The minimum atomic E-state index is 0.658. The predicted molar refractivity (Wildman–Crippen MR) is 81.6 cm³/mol. The first-order chi connectivity index (χ1) is 8.75. The van der Waals surface area contributed by atoms with E-state index in [0.717, 1.165) is 15.8 Å². The van der Waals surface area contributed by atoms with Crippen molar-refractivity contribution in [3.05, 3.63) is 53.0 Å². The number of rotatable bonds is 4. The molecule has 3 N–H and O–H groups in total. The number of aliphatic imine (C=N–C) groups is 1. The van der Waals surface area contributed by atoms with Gasteiger partial charge in [0.1, 0.15) is 0 Å². The molecule has 0 unspecified atom stereocenters. The van der Waals surface area contributed by atoms with Crippen molar-refractivity contribution in [3.63, 3.8) is 0 Å². The SMILES string of the molecule is Nc1ccccc1N=CCNc1cccc(Br)c1. The lowest BCUT2D eigenvalue weighted by molar-refractivity contribution is 1.39. The lowest BCUT2D eigenvalue weighted by Gasteiger charge is -2.03. The van der Waals surface area contributed by atoms with Gasteiger partial charge in [0, 0.05) is 16.4 Å². The van der Waals surface area contributed by atoms with Gasteiger partial charge in [-0.15, -0.1) is 0 Å². The fourth-order valence-corrected chi connectivity index (χ4v) is 1.91. The smallest absolute Gasteiger partial charge is 0.0855 e. The minimum absolute atomic E-state index is 0.658. The van der Waals surface area contributed by atoms with Crippen LogP contribution in [0.25, 0.3) is 0 Å². The quantitative estimate of drug-likeness (QED) is 0.666. The van der Waals surface area contributed by atoms with Crippen LogP contribution in [0.3, 0.4) is 0 Å². The normalized spacial score (nSPS) is 10.7. The Morgan fingerprint density at radius 2 is 2.00 bits per heavy atom. The monoisotopic (exact) mass is 303 g/mol. The number of halogens is 1. The van der Waals surface area contributed by atoms with Gasteiger partial charge < -0.3 is 11.1 Å². The molecule has 0 atom stereocenters. The van der Waals surface area contributed by atoms with Crippen LogP contribution < -0.4 is 11.1 Å². The summed E-state index contributed by atoms with van der Waals surface area (Å²) in [5, 5.41) is 3.26. The van der Waals surface area contributed by atoms with Crippen LogP contribution in [0.2, 0.25) is 0 Å². The maximum absolute atomic E-state index is 5.79. The summed E-state index contributed by atoms with van der Waals surface area (Å²) in [6, 6.07) is 15.6. The average Bonchev–Trinajstić information content (AvgIpc) is 2.37. The molecule has 0 spiro atoms. The molecule has 0 aliphatic carbocycles. The summed E-state index contributed by atoms with van der Waals surface area (Å²) in [5.41, 5.74) is 8.34. The fourth-order valence-electron chi connectivity index (χ4n) is 1.51. The first-order valence-corrected chi connectivity index (χ1v) is 6.41. The van der Waals surface area contributed by atoms with Gasteiger partial charge in [0.15, 0.2) is 0 Å². The van der Waals surface area contributed by atoms with Crippen molar-refractivity contribution in [2.45, 2.75) is 0 Å². The number of hydrogen-bond donors (Lipinski definition) is 2. The number of benzene rings is 2. The number of hydrogen-bond acceptors (Lipinski definition) is 3. The highest BCUT2D eigenvalue weighted by atomic mass is 79.9. The van der Waals surface area contributed by atoms with Gasteiger partial charge in [-0.25, -0.2) is 0 Å². The number of nitrogen functional groups attached to an aromatic ring is 1. The first-order valence-electron chi connectivity index (χ1n) is 5.62. The highest BCUT2D eigenvalue weighted by molar-refractivity contribution is 9.10. The van der Waals surface area contributed by atoms with E-state index in [1.165, 1.54) is 0 Å². The van der Waals surface area contributed by atoms with Crippen LogP contribution >= 0.6 is 15.9 Å². The summed E-state index contributed by atoms with van der Waals surface area (Å²) in [4.78, 5) is 4.32. The van der Waals surface area contributed by atoms with Crippen molar-refractivity contribution in [2.24, 2.45) is 4.99 Å². The van der Waals surface area contributed by atoms with Crippen molar-refractivity contribution in [1.82, 2.24) is 0 Å². The van der Waals surface area contributed by atoms with E-state index in [0.29, 0.717) is 12.2 Å². The van der Waals surface area contributed by atoms with Crippen LogP contribution in [0, 0.1) is 0 Å². The van der Waals surface area contributed by atoms with Gasteiger partial charge >= 0.3 is 0 Å². The third-order valence-corrected chi connectivity index (χ3v) is 2.88. The lowest BCUT2D eigenvalue weighted by atomic mass is 10.3. The second-order valence-corrected chi connectivity index (χ2v) is 4.68. The first kappa shape index (κ1) is 12.6. The molecule has 18 heavy (non-hydrogen) atoms. The van der Waals surface area contributed by atoms with Gasteiger partial charge in [0.25, 0.3) is 0 Å². The number of nitrogens with one attached hydrogen (secondary N) is 1. The second-order valence-electron chi connectivity index (χ2n) is 3.76. The van der Waals surface area contributed by atoms with Gasteiger partial charge in [-0.1, -0.05) is 34.1 Å². The van der Waals surface area contributed by atoms with E-state index in [2.05, 4.69) is 26.2 Å². The Bertz CT molecular complexity index is 552. The van der Waals surface area contributed by atoms with Crippen molar-refractivity contribution >= 4 is 39.2 Å². The predicted octanol–water partition coefficient (Wildman–Crippen LogP) is 3.85. The van der Waals surface area contributed by atoms with Gasteiger partial charge in [-0.3, -0.25) is 4.99 Å². The third kappa shape index (κ3) is 3.60. The van der Waals surface area contributed by atoms with Gasteiger partial charge in [-0.2, -0.15) is 0 Å². The molecule has 0 bridgehead atoms. The molecule has 3 nitrogen and oxygen atoms in total. The van der Waals surface area contributed by atoms with Crippen LogP contribution in [0.15, 0.2) is 58.0 Å². The number of anilines is 2. The molecule has 2 aromatic rings. The van der Waals surface area contributed by atoms with Crippen molar-refractivity contribution < 1.29 is 0 Å². The zero-order valence-corrected chi connectivity index (χ0v) is 11.4. The average molecular weight is 304 g/mol. The Labute approximate surface area is 115 Å².